The van der Waals surface area contributed by atoms with E-state index in [4.69, 9.17) is 0 Å². The molecule has 2 atom stereocenters. The second-order valence-corrected chi connectivity index (χ2v) is 6.40. The number of carbonyl (C=O) groups is 1. The maximum Gasteiger partial charge on any atom is 0.339 e. The Morgan fingerprint density at radius 2 is 2.16 bits per heavy atom. The largest absolute Gasteiger partial charge is 0.478 e. The number of nitrogens with zero attached hydrogens (tertiary/aromatic N) is 1. The van der Waals surface area contributed by atoms with Gasteiger partial charge in [0, 0.05) is 34.5 Å². The third kappa shape index (κ3) is 4.31. The van der Waals surface area contributed by atoms with Gasteiger partial charge in [-0.3, -0.25) is 9.19 Å². The van der Waals surface area contributed by atoms with Crippen molar-refractivity contribution in [2.45, 2.75) is 32.4 Å². The molecule has 0 aliphatic heterocycles. The van der Waals surface area contributed by atoms with Crippen LogP contribution in [0.1, 0.15) is 35.1 Å². The number of nitrogens with one attached hydrogen (secondary N) is 1. The zero-order valence-electron chi connectivity index (χ0n) is 11.7. The Balaban J connectivity index is 2.83. The molecule has 0 spiro atoms. The first-order valence-corrected chi connectivity index (χ1v) is 7.72. The van der Waals surface area contributed by atoms with Crippen LogP contribution in [0.25, 0.3) is 0 Å². The lowest BCUT2D eigenvalue weighted by Crippen LogP contribution is -2.17. The van der Waals surface area contributed by atoms with E-state index in [0.717, 1.165) is 12.1 Å². The molecule has 1 aromatic heterocycles. The van der Waals surface area contributed by atoms with Gasteiger partial charge in [0.1, 0.15) is 5.56 Å². The molecule has 0 amide bonds. The van der Waals surface area contributed by atoms with Crippen LogP contribution < -0.4 is 5.32 Å². The summed E-state index contributed by atoms with van der Waals surface area (Å²) in [5.41, 5.74) is 2.06. The molecule has 5 nitrogen and oxygen atoms in total. The number of hydrogen-bond acceptors (Lipinski definition) is 4. The molecule has 2 unspecified atom stereocenters. The quantitative estimate of drug-likeness (QED) is 0.835. The fourth-order valence-electron chi connectivity index (χ4n) is 1.81. The summed E-state index contributed by atoms with van der Waals surface area (Å²) in [5, 5.41) is 12.4. The summed E-state index contributed by atoms with van der Waals surface area (Å²) in [4.78, 5) is 15.4. The second-order valence-electron chi connectivity index (χ2n) is 4.60. The number of hydrogen-bond donors (Lipinski definition) is 2. The molecule has 0 saturated carbocycles. The first kappa shape index (κ1) is 15.6. The van der Waals surface area contributed by atoms with Crippen LogP contribution in [-0.4, -0.2) is 38.3 Å². The molecular weight excluding hydrogens is 264 g/mol. The summed E-state index contributed by atoms with van der Waals surface area (Å²) >= 11 is 0. The molecule has 106 valence electrons. The Morgan fingerprint density at radius 3 is 2.68 bits per heavy atom. The molecule has 1 aromatic rings. The predicted molar refractivity (Wildman–Crippen MR) is 77.3 cm³/mol. The van der Waals surface area contributed by atoms with Gasteiger partial charge in [0.25, 0.3) is 0 Å². The van der Waals surface area contributed by atoms with E-state index >= 15 is 0 Å². The number of aromatic nitrogens is 1. The average molecular weight is 284 g/mol. The molecule has 0 aliphatic carbocycles. The molecular formula is C13H20N2O3S. The Kier molecular flexibility index (Phi) is 5.47. The van der Waals surface area contributed by atoms with Crippen molar-refractivity contribution in [3.05, 3.63) is 23.0 Å². The molecule has 0 saturated heterocycles. The van der Waals surface area contributed by atoms with Crippen LogP contribution in [0.3, 0.4) is 0 Å². The Bertz CT molecular complexity index is 503. The van der Waals surface area contributed by atoms with Crippen molar-refractivity contribution in [2.24, 2.45) is 0 Å². The molecule has 0 aliphatic rings. The van der Waals surface area contributed by atoms with Gasteiger partial charge in [-0.05, 0) is 26.3 Å². The van der Waals surface area contributed by atoms with E-state index in [9.17, 15) is 14.1 Å². The topological polar surface area (TPSA) is 79.3 Å². The van der Waals surface area contributed by atoms with Gasteiger partial charge in [-0.1, -0.05) is 6.92 Å². The van der Waals surface area contributed by atoms with Gasteiger partial charge in [0.05, 0.1) is 11.4 Å². The van der Waals surface area contributed by atoms with E-state index in [2.05, 4.69) is 10.3 Å². The SMILES string of the molecule is Cc1cc(NCCC(C)S(C)=O)c(C(=O)O)c(C)n1. The van der Waals surface area contributed by atoms with Gasteiger partial charge in [-0.25, -0.2) is 4.79 Å². The number of anilines is 1. The van der Waals surface area contributed by atoms with E-state index < -0.39 is 16.8 Å². The number of aryl methyl sites for hydroxylation is 2. The third-order valence-electron chi connectivity index (χ3n) is 2.98. The summed E-state index contributed by atoms with van der Waals surface area (Å²) in [7, 11) is -0.860. The monoisotopic (exact) mass is 284 g/mol. The lowest BCUT2D eigenvalue weighted by atomic mass is 10.1. The second kappa shape index (κ2) is 6.65. The van der Waals surface area contributed by atoms with E-state index in [1.54, 1.807) is 19.2 Å². The van der Waals surface area contributed by atoms with Crippen LogP contribution in [0.2, 0.25) is 0 Å². The predicted octanol–water partition coefficient (Wildman–Crippen LogP) is 1.97. The van der Waals surface area contributed by atoms with Crippen molar-refractivity contribution in [3.63, 3.8) is 0 Å². The summed E-state index contributed by atoms with van der Waals surface area (Å²) < 4.78 is 11.2. The van der Waals surface area contributed by atoms with Crippen molar-refractivity contribution >= 4 is 22.5 Å². The summed E-state index contributed by atoms with van der Waals surface area (Å²) in [6.45, 7) is 6.02. The zero-order valence-corrected chi connectivity index (χ0v) is 12.5. The number of carboxylic acids is 1. The highest BCUT2D eigenvalue weighted by Crippen LogP contribution is 2.20. The molecule has 0 bridgehead atoms. The molecule has 0 aromatic carbocycles. The Labute approximate surface area is 115 Å². The fraction of sp³-hybridized carbons (Fsp3) is 0.538. The van der Waals surface area contributed by atoms with Crippen molar-refractivity contribution in [2.75, 3.05) is 18.1 Å². The molecule has 1 rings (SSSR count). The van der Waals surface area contributed by atoms with Crippen molar-refractivity contribution in [1.82, 2.24) is 4.98 Å². The summed E-state index contributed by atoms with van der Waals surface area (Å²) in [6, 6.07) is 1.73. The third-order valence-corrected chi connectivity index (χ3v) is 4.34. The van der Waals surface area contributed by atoms with Crippen LogP contribution in [0.4, 0.5) is 5.69 Å². The highest BCUT2D eigenvalue weighted by atomic mass is 32.2. The van der Waals surface area contributed by atoms with Gasteiger partial charge >= 0.3 is 5.97 Å². The zero-order chi connectivity index (χ0) is 14.6. The highest BCUT2D eigenvalue weighted by molar-refractivity contribution is 7.84. The molecule has 0 fully saturated rings. The maximum absolute atomic E-state index is 11.2. The molecule has 19 heavy (non-hydrogen) atoms. The summed E-state index contributed by atoms with van der Waals surface area (Å²) in [5.74, 6) is -0.986. The van der Waals surface area contributed by atoms with Gasteiger partial charge in [0.15, 0.2) is 0 Å². The first-order valence-electron chi connectivity index (χ1n) is 6.10. The maximum atomic E-state index is 11.2. The van der Waals surface area contributed by atoms with Crippen LogP contribution in [0.15, 0.2) is 6.07 Å². The van der Waals surface area contributed by atoms with Gasteiger partial charge in [-0.2, -0.15) is 0 Å². The molecule has 2 N–H and O–H groups in total. The van der Waals surface area contributed by atoms with E-state index in [0.29, 0.717) is 17.9 Å². The van der Waals surface area contributed by atoms with Crippen LogP contribution >= 0.6 is 0 Å². The summed E-state index contributed by atoms with van der Waals surface area (Å²) in [6.07, 6.45) is 2.40. The van der Waals surface area contributed by atoms with Gasteiger partial charge in [0.2, 0.25) is 0 Å². The van der Waals surface area contributed by atoms with Crippen LogP contribution in [0.5, 0.6) is 0 Å². The molecule has 1 heterocycles. The lowest BCUT2D eigenvalue weighted by Gasteiger charge is -2.14. The number of carboxylic acid groups (broad SMARTS) is 1. The van der Waals surface area contributed by atoms with Crippen molar-refractivity contribution in [3.8, 4) is 0 Å². The Hall–Kier alpha value is -1.43. The minimum absolute atomic E-state index is 0.0878. The number of rotatable bonds is 6. The minimum Gasteiger partial charge on any atom is -0.478 e. The highest BCUT2D eigenvalue weighted by Gasteiger charge is 2.15. The average Bonchev–Trinajstić information content (AvgIpc) is 2.26. The van der Waals surface area contributed by atoms with E-state index in [1.165, 1.54) is 0 Å². The Morgan fingerprint density at radius 1 is 1.53 bits per heavy atom. The lowest BCUT2D eigenvalue weighted by molar-refractivity contribution is 0.0696. The first-order chi connectivity index (χ1) is 8.82. The smallest absolute Gasteiger partial charge is 0.339 e. The molecule has 6 heteroatoms. The minimum atomic E-state index is -0.986. The van der Waals surface area contributed by atoms with Gasteiger partial charge in [-0.15, -0.1) is 0 Å². The normalized spacial score (nSPS) is 13.9. The van der Waals surface area contributed by atoms with Crippen LogP contribution in [-0.2, 0) is 10.8 Å². The fourth-order valence-corrected chi connectivity index (χ4v) is 2.26. The number of pyridine rings is 1. The van der Waals surface area contributed by atoms with E-state index in [1.807, 2.05) is 13.8 Å². The van der Waals surface area contributed by atoms with Crippen molar-refractivity contribution in [1.29, 1.82) is 0 Å². The molecule has 0 radical (unpaired) electrons. The van der Waals surface area contributed by atoms with E-state index in [-0.39, 0.29) is 10.8 Å². The number of aromatic carboxylic acids is 1. The van der Waals surface area contributed by atoms with Crippen molar-refractivity contribution < 1.29 is 14.1 Å². The van der Waals surface area contributed by atoms with Gasteiger partial charge < -0.3 is 10.4 Å². The van der Waals surface area contributed by atoms with Crippen LogP contribution in [0, 0.1) is 13.8 Å². The standard InChI is InChI=1S/C13H20N2O3S/c1-8-7-11(12(13(16)17)10(3)15-8)14-6-5-9(2)19(4)18/h7,9H,5-6H2,1-4H3,(H,14,15)(H,16,17).